The molecule has 0 bridgehead atoms. The van der Waals surface area contributed by atoms with Gasteiger partial charge in [-0.05, 0) is 54.8 Å². The van der Waals surface area contributed by atoms with Crippen LogP contribution in [0.5, 0.6) is 0 Å². The minimum absolute atomic E-state index is 0.552. The first-order valence-electron chi connectivity index (χ1n) is 5.99. The first-order valence-corrected chi connectivity index (χ1v) is 5.99. The van der Waals surface area contributed by atoms with E-state index in [0.717, 1.165) is 23.7 Å². The predicted octanol–water partition coefficient (Wildman–Crippen LogP) is 4.10. The molecule has 0 heteroatoms. The third kappa shape index (κ3) is 2.27. The molecule has 0 N–H and O–H groups in total. The van der Waals surface area contributed by atoms with Crippen LogP contribution >= 0.6 is 0 Å². The Hall–Kier alpha value is 0. The summed E-state index contributed by atoms with van der Waals surface area (Å²) < 4.78 is 0. The van der Waals surface area contributed by atoms with Gasteiger partial charge in [0.05, 0.1) is 0 Å². The van der Waals surface area contributed by atoms with Gasteiger partial charge in [-0.15, -0.1) is 0 Å². The van der Waals surface area contributed by atoms with Crippen LogP contribution in [0.25, 0.3) is 0 Å². The fourth-order valence-electron chi connectivity index (χ4n) is 2.89. The van der Waals surface area contributed by atoms with Crippen LogP contribution in [0.15, 0.2) is 0 Å². The summed E-state index contributed by atoms with van der Waals surface area (Å²) in [5.74, 6) is 4.46. The summed E-state index contributed by atoms with van der Waals surface area (Å²) in [7, 11) is 0. The maximum atomic E-state index is 2.47. The lowest BCUT2D eigenvalue weighted by molar-refractivity contribution is 0.346. The second kappa shape index (κ2) is 3.00. The molecule has 0 amide bonds. The van der Waals surface area contributed by atoms with E-state index in [-0.39, 0.29) is 0 Å². The van der Waals surface area contributed by atoms with Gasteiger partial charge in [0, 0.05) is 0 Å². The zero-order valence-electron chi connectivity index (χ0n) is 9.64. The van der Waals surface area contributed by atoms with Crippen molar-refractivity contribution in [1.29, 1.82) is 0 Å². The summed E-state index contributed by atoms with van der Waals surface area (Å²) in [5, 5.41) is 0. The van der Waals surface area contributed by atoms with Crippen molar-refractivity contribution in [2.24, 2.45) is 29.1 Å². The Morgan fingerprint density at radius 1 is 1.15 bits per heavy atom. The van der Waals surface area contributed by atoms with E-state index in [0.29, 0.717) is 5.41 Å². The topological polar surface area (TPSA) is 0 Å². The fourth-order valence-corrected chi connectivity index (χ4v) is 2.89. The van der Waals surface area contributed by atoms with Gasteiger partial charge in [-0.3, -0.25) is 0 Å². The Morgan fingerprint density at radius 3 is 2.23 bits per heavy atom. The van der Waals surface area contributed by atoms with Crippen molar-refractivity contribution in [2.45, 2.75) is 53.4 Å². The Morgan fingerprint density at radius 2 is 1.77 bits per heavy atom. The molecule has 0 saturated heterocycles. The summed E-state index contributed by atoms with van der Waals surface area (Å²) in [6.45, 7) is 9.57. The second-order valence-corrected chi connectivity index (χ2v) is 6.54. The summed E-state index contributed by atoms with van der Waals surface area (Å²) in [6.07, 6.45) is 6.00. The van der Waals surface area contributed by atoms with E-state index in [4.69, 9.17) is 0 Å². The molecule has 0 spiro atoms. The van der Waals surface area contributed by atoms with Crippen molar-refractivity contribution < 1.29 is 0 Å². The van der Waals surface area contributed by atoms with Gasteiger partial charge in [-0.1, -0.05) is 27.7 Å². The van der Waals surface area contributed by atoms with Crippen molar-refractivity contribution in [2.75, 3.05) is 0 Å². The molecule has 13 heavy (non-hydrogen) atoms. The van der Waals surface area contributed by atoms with E-state index in [1.54, 1.807) is 12.8 Å². The maximum absolute atomic E-state index is 2.47. The van der Waals surface area contributed by atoms with Gasteiger partial charge < -0.3 is 0 Å². The Labute approximate surface area is 83.1 Å². The zero-order chi connectivity index (χ0) is 9.64. The van der Waals surface area contributed by atoms with Crippen molar-refractivity contribution in [3.63, 3.8) is 0 Å². The van der Waals surface area contributed by atoms with E-state index in [1.165, 1.54) is 12.8 Å². The van der Waals surface area contributed by atoms with Crippen LogP contribution in [0.4, 0.5) is 0 Å². The normalized spacial score (nSPS) is 39.2. The molecule has 2 aliphatic rings. The van der Waals surface area contributed by atoms with Crippen LogP contribution in [0.1, 0.15) is 53.4 Å². The summed E-state index contributed by atoms with van der Waals surface area (Å²) >= 11 is 0. The van der Waals surface area contributed by atoms with Crippen LogP contribution in [0, 0.1) is 29.1 Å². The van der Waals surface area contributed by atoms with Gasteiger partial charge in [0.2, 0.25) is 0 Å². The van der Waals surface area contributed by atoms with E-state index in [9.17, 15) is 0 Å². The molecule has 0 aliphatic heterocycles. The third-order valence-electron chi connectivity index (χ3n) is 4.03. The van der Waals surface area contributed by atoms with Gasteiger partial charge in [-0.25, -0.2) is 0 Å². The average Bonchev–Trinajstić information content (AvgIpc) is 2.78. The molecule has 0 heterocycles. The van der Waals surface area contributed by atoms with Crippen LogP contribution < -0.4 is 0 Å². The van der Waals surface area contributed by atoms with E-state index >= 15 is 0 Å². The first-order chi connectivity index (χ1) is 5.99. The summed E-state index contributed by atoms with van der Waals surface area (Å²) in [6, 6.07) is 0. The lowest BCUT2D eigenvalue weighted by atomic mass is 9.89. The van der Waals surface area contributed by atoms with Crippen molar-refractivity contribution in [1.82, 2.24) is 0 Å². The fraction of sp³-hybridized carbons (Fsp3) is 1.00. The third-order valence-corrected chi connectivity index (χ3v) is 4.03. The van der Waals surface area contributed by atoms with Crippen LogP contribution in [0.3, 0.4) is 0 Å². The zero-order valence-corrected chi connectivity index (χ0v) is 9.64. The maximum Gasteiger partial charge on any atom is -0.0326 e. The molecule has 3 unspecified atom stereocenters. The van der Waals surface area contributed by atoms with Crippen LogP contribution in [-0.2, 0) is 0 Å². The Kier molecular flexibility index (Phi) is 2.20. The molecule has 3 atom stereocenters. The number of hydrogen-bond donors (Lipinski definition) is 0. The Balaban J connectivity index is 1.72. The molecule has 0 aromatic rings. The van der Waals surface area contributed by atoms with Gasteiger partial charge >= 0.3 is 0 Å². The van der Waals surface area contributed by atoms with Crippen molar-refractivity contribution >= 4 is 0 Å². The lowest BCUT2D eigenvalue weighted by Crippen LogP contribution is -2.05. The monoisotopic (exact) mass is 180 g/mol. The van der Waals surface area contributed by atoms with Gasteiger partial charge in [-0.2, -0.15) is 0 Å². The smallest absolute Gasteiger partial charge is 0.0326 e. The van der Waals surface area contributed by atoms with Gasteiger partial charge in [0.25, 0.3) is 0 Å². The van der Waals surface area contributed by atoms with E-state index in [1.807, 2.05) is 0 Å². The van der Waals surface area contributed by atoms with Crippen molar-refractivity contribution in [3.8, 4) is 0 Å². The SMILES string of the molecule is CC1C(CCC(C)(C)C)C1C1CC1. The minimum Gasteiger partial charge on any atom is -0.0619 e. The quantitative estimate of drug-likeness (QED) is 0.613. The van der Waals surface area contributed by atoms with Crippen molar-refractivity contribution in [3.05, 3.63) is 0 Å². The van der Waals surface area contributed by atoms with Crippen LogP contribution in [-0.4, -0.2) is 0 Å². The number of rotatable bonds is 3. The molecule has 0 aromatic heterocycles. The van der Waals surface area contributed by atoms with E-state index < -0.39 is 0 Å². The molecule has 2 fully saturated rings. The molecule has 0 nitrogen and oxygen atoms in total. The molecule has 76 valence electrons. The molecular formula is C13H24. The second-order valence-electron chi connectivity index (χ2n) is 6.54. The largest absolute Gasteiger partial charge is 0.0619 e. The van der Waals surface area contributed by atoms with E-state index in [2.05, 4.69) is 27.7 Å². The summed E-state index contributed by atoms with van der Waals surface area (Å²) in [4.78, 5) is 0. The van der Waals surface area contributed by atoms with Crippen LogP contribution in [0.2, 0.25) is 0 Å². The highest BCUT2D eigenvalue weighted by molar-refractivity contribution is 5.02. The average molecular weight is 180 g/mol. The van der Waals surface area contributed by atoms with Gasteiger partial charge in [0.15, 0.2) is 0 Å². The summed E-state index contributed by atoms with van der Waals surface area (Å²) in [5.41, 5.74) is 0.552. The standard InChI is InChI=1S/C13H24/c1-9-11(7-8-13(2,3)4)12(9)10-5-6-10/h9-12H,5-8H2,1-4H3. The molecule has 2 aliphatic carbocycles. The lowest BCUT2D eigenvalue weighted by Gasteiger charge is -2.17. The highest BCUT2D eigenvalue weighted by atomic mass is 14.6. The molecule has 2 saturated carbocycles. The molecule has 0 radical (unpaired) electrons. The highest BCUT2D eigenvalue weighted by Crippen LogP contribution is 2.60. The molecule has 2 rings (SSSR count). The molecular weight excluding hydrogens is 156 g/mol. The van der Waals surface area contributed by atoms with Gasteiger partial charge in [0.1, 0.15) is 0 Å². The minimum atomic E-state index is 0.552. The highest BCUT2D eigenvalue weighted by Gasteiger charge is 2.53. The first kappa shape index (κ1) is 9.55. The number of hydrogen-bond acceptors (Lipinski definition) is 0. The molecule has 0 aromatic carbocycles. The predicted molar refractivity (Wildman–Crippen MR) is 57.6 cm³/mol. The Bertz CT molecular complexity index is 183.